The molecule has 0 amide bonds. The second-order valence-electron chi connectivity index (χ2n) is 5.52. The van der Waals surface area contributed by atoms with E-state index in [0.29, 0.717) is 11.6 Å². The van der Waals surface area contributed by atoms with Gasteiger partial charge in [0.05, 0.1) is 5.71 Å². The Morgan fingerprint density at radius 2 is 1.71 bits per heavy atom. The van der Waals surface area contributed by atoms with Crippen molar-refractivity contribution < 1.29 is 10.2 Å². The summed E-state index contributed by atoms with van der Waals surface area (Å²) in [5.41, 5.74) is 3.66. The number of rotatable bonds is 2. The molecule has 1 aliphatic rings. The third-order valence-corrected chi connectivity index (χ3v) is 4.72. The number of aromatic hydroxyl groups is 2. The maximum absolute atomic E-state index is 9.70. The van der Waals surface area contributed by atoms with Crippen LogP contribution in [0.2, 0.25) is 0 Å². The van der Waals surface area contributed by atoms with Gasteiger partial charge in [0.1, 0.15) is 0 Å². The van der Waals surface area contributed by atoms with Crippen molar-refractivity contribution in [1.29, 1.82) is 0 Å². The van der Waals surface area contributed by atoms with Gasteiger partial charge in [0.25, 0.3) is 0 Å². The molecule has 24 heavy (non-hydrogen) atoms. The average Bonchev–Trinajstić information content (AvgIpc) is 3.01. The molecule has 1 aromatic heterocycles. The number of hydrogen-bond donors (Lipinski definition) is 2. The van der Waals surface area contributed by atoms with Gasteiger partial charge in [-0.1, -0.05) is 41.6 Å². The van der Waals surface area contributed by atoms with Crippen LogP contribution in [-0.2, 0) is 0 Å². The third kappa shape index (κ3) is 2.52. The summed E-state index contributed by atoms with van der Waals surface area (Å²) in [6.07, 6.45) is 0. The zero-order valence-corrected chi connectivity index (χ0v) is 13.7. The lowest BCUT2D eigenvalue weighted by Crippen LogP contribution is -2.13. The number of thioether (sulfide) groups is 1. The van der Waals surface area contributed by atoms with E-state index in [1.807, 2.05) is 31.2 Å². The molecule has 0 unspecified atom stereocenters. The van der Waals surface area contributed by atoms with Gasteiger partial charge in [0.15, 0.2) is 17.3 Å². The zero-order valence-electron chi connectivity index (χ0n) is 12.8. The molecular weight excluding hydrogens is 324 g/mol. The van der Waals surface area contributed by atoms with E-state index >= 15 is 0 Å². The predicted octanol–water partition coefficient (Wildman–Crippen LogP) is 3.02. The van der Waals surface area contributed by atoms with Gasteiger partial charge in [-0.25, -0.2) is 0 Å². The van der Waals surface area contributed by atoms with Crippen LogP contribution in [0, 0.1) is 6.92 Å². The average molecular weight is 338 g/mol. The van der Waals surface area contributed by atoms with Gasteiger partial charge >= 0.3 is 0 Å². The SMILES string of the molecule is Cc1ccc(-c2nnc3n2N=C(c2ccc(O)c(O)c2)CS3)cc1. The quantitative estimate of drug-likeness (QED) is 0.702. The molecule has 1 aliphatic heterocycles. The Kier molecular flexibility index (Phi) is 3.50. The summed E-state index contributed by atoms with van der Waals surface area (Å²) in [6.45, 7) is 2.03. The molecule has 2 heterocycles. The second kappa shape index (κ2) is 5.68. The number of phenols is 2. The van der Waals surface area contributed by atoms with E-state index in [1.54, 1.807) is 10.7 Å². The Bertz CT molecular complexity index is 948. The smallest absolute Gasteiger partial charge is 0.212 e. The van der Waals surface area contributed by atoms with E-state index in [9.17, 15) is 10.2 Å². The summed E-state index contributed by atoms with van der Waals surface area (Å²) in [4.78, 5) is 0. The highest BCUT2D eigenvalue weighted by Crippen LogP contribution is 2.31. The maximum atomic E-state index is 9.70. The first kappa shape index (κ1) is 14.8. The summed E-state index contributed by atoms with van der Waals surface area (Å²) >= 11 is 1.53. The van der Waals surface area contributed by atoms with Crippen LogP contribution in [0.4, 0.5) is 0 Å². The van der Waals surface area contributed by atoms with Crippen molar-refractivity contribution in [3.8, 4) is 22.9 Å². The van der Waals surface area contributed by atoms with Gasteiger partial charge in [-0.05, 0) is 25.1 Å². The van der Waals surface area contributed by atoms with E-state index in [2.05, 4.69) is 15.3 Å². The molecule has 0 bridgehead atoms. The Labute approximate surface area is 142 Å². The van der Waals surface area contributed by atoms with Gasteiger partial charge in [-0.2, -0.15) is 9.78 Å². The van der Waals surface area contributed by atoms with E-state index in [4.69, 9.17) is 0 Å². The van der Waals surface area contributed by atoms with E-state index in [0.717, 1.165) is 22.0 Å². The number of nitrogens with zero attached hydrogens (tertiary/aromatic N) is 4. The molecule has 0 spiro atoms. The molecule has 0 saturated heterocycles. The second-order valence-corrected chi connectivity index (χ2v) is 6.47. The highest BCUT2D eigenvalue weighted by molar-refractivity contribution is 7.99. The largest absolute Gasteiger partial charge is 0.504 e. The molecule has 3 aromatic rings. The van der Waals surface area contributed by atoms with Gasteiger partial charge in [-0.3, -0.25) is 0 Å². The van der Waals surface area contributed by atoms with Crippen LogP contribution in [0.15, 0.2) is 52.7 Å². The van der Waals surface area contributed by atoms with Crippen LogP contribution in [0.3, 0.4) is 0 Å². The lowest BCUT2D eigenvalue weighted by molar-refractivity contribution is 0.403. The molecule has 6 nitrogen and oxygen atoms in total. The highest BCUT2D eigenvalue weighted by atomic mass is 32.2. The Morgan fingerprint density at radius 3 is 2.46 bits per heavy atom. The first-order valence-corrected chi connectivity index (χ1v) is 8.36. The molecule has 2 N–H and O–H groups in total. The molecule has 0 radical (unpaired) electrons. The van der Waals surface area contributed by atoms with E-state index in [-0.39, 0.29) is 11.5 Å². The summed E-state index contributed by atoms with van der Waals surface area (Å²) in [5, 5.41) is 33.0. The number of phenolic OH excluding ortho intramolecular Hbond substituents is 2. The molecule has 4 rings (SSSR count). The summed E-state index contributed by atoms with van der Waals surface area (Å²) in [7, 11) is 0. The minimum atomic E-state index is -0.159. The Morgan fingerprint density at radius 1 is 0.958 bits per heavy atom. The number of aromatic nitrogens is 3. The summed E-state index contributed by atoms with van der Waals surface area (Å²) < 4.78 is 1.72. The van der Waals surface area contributed by atoms with Crippen molar-refractivity contribution >= 4 is 17.5 Å². The Balaban J connectivity index is 1.78. The first-order chi connectivity index (χ1) is 11.6. The molecule has 0 aliphatic carbocycles. The van der Waals surface area contributed by atoms with Crippen molar-refractivity contribution in [1.82, 2.24) is 14.9 Å². The van der Waals surface area contributed by atoms with Crippen molar-refractivity contribution in [3.05, 3.63) is 53.6 Å². The maximum Gasteiger partial charge on any atom is 0.212 e. The van der Waals surface area contributed by atoms with Crippen LogP contribution in [0.25, 0.3) is 11.4 Å². The van der Waals surface area contributed by atoms with Crippen LogP contribution in [0.5, 0.6) is 11.5 Å². The highest BCUT2D eigenvalue weighted by Gasteiger charge is 2.21. The van der Waals surface area contributed by atoms with Crippen LogP contribution < -0.4 is 0 Å². The van der Waals surface area contributed by atoms with Gasteiger partial charge in [0, 0.05) is 16.9 Å². The van der Waals surface area contributed by atoms with Crippen molar-refractivity contribution in [2.75, 3.05) is 5.75 Å². The Hall–Kier alpha value is -2.80. The normalized spacial score (nSPS) is 13.5. The fourth-order valence-corrected chi connectivity index (χ4v) is 3.29. The molecule has 2 aromatic carbocycles. The number of hydrogen-bond acceptors (Lipinski definition) is 6. The molecule has 0 saturated carbocycles. The summed E-state index contributed by atoms with van der Waals surface area (Å²) in [6, 6.07) is 12.7. The van der Waals surface area contributed by atoms with Crippen LogP contribution in [0.1, 0.15) is 11.1 Å². The first-order valence-electron chi connectivity index (χ1n) is 7.37. The van der Waals surface area contributed by atoms with Gasteiger partial charge in [0.2, 0.25) is 5.16 Å². The molecule has 0 fully saturated rings. The van der Waals surface area contributed by atoms with E-state index in [1.165, 1.54) is 29.5 Å². The number of benzene rings is 2. The topological polar surface area (TPSA) is 83.5 Å². The monoisotopic (exact) mass is 338 g/mol. The number of aryl methyl sites for hydroxylation is 1. The van der Waals surface area contributed by atoms with Gasteiger partial charge < -0.3 is 10.2 Å². The molecule has 120 valence electrons. The molecule has 7 heteroatoms. The standard InChI is InChI=1S/C17H14N4O2S/c1-10-2-4-11(5-3-10)16-18-19-17-21(16)20-13(9-24-17)12-6-7-14(22)15(23)8-12/h2-8,22-23H,9H2,1H3. The lowest BCUT2D eigenvalue weighted by atomic mass is 10.1. The van der Waals surface area contributed by atoms with Crippen molar-refractivity contribution in [2.45, 2.75) is 12.1 Å². The predicted molar refractivity (Wildman–Crippen MR) is 92.6 cm³/mol. The van der Waals surface area contributed by atoms with Crippen molar-refractivity contribution in [3.63, 3.8) is 0 Å². The van der Waals surface area contributed by atoms with Crippen LogP contribution in [-0.4, -0.2) is 36.6 Å². The third-order valence-electron chi connectivity index (χ3n) is 3.79. The molecule has 0 atom stereocenters. The van der Waals surface area contributed by atoms with E-state index < -0.39 is 0 Å². The molecular formula is C17H14N4O2S. The fraction of sp³-hybridized carbons (Fsp3) is 0.118. The summed E-state index contributed by atoms with van der Waals surface area (Å²) in [5.74, 6) is 0.996. The zero-order chi connectivity index (χ0) is 16.7. The lowest BCUT2D eigenvalue weighted by Gasteiger charge is -2.14. The van der Waals surface area contributed by atoms with Gasteiger partial charge in [-0.15, -0.1) is 10.2 Å². The minimum Gasteiger partial charge on any atom is -0.504 e. The van der Waals surface area contributed by atoms with Crippen molar-refractivity contribution in [2.24, 2.45) is 5.10 Å². The number of fused-ring (bicyclic) bond motifs is 1. The fourth-order valence-electron chi connectivity index (χ4n) is 2.45. The minimum absolute atomic E-state index is 0.145. The van der Waals surface area contributed by atoms with Crippen LogP contribution >= 0.6 is 11.8 Å².